The van der Waals surface area contributed by atoms with Crippen LogP contribution in [0.4, 0.5) is 0 Å². The molecule has 4 nitrogen and oxygen atoms in total. The maximum atomic E-state index is 11.5. The smallest absolute Gasteiger partial charge is 0.303 e. The van der Waals surface area contributed by atoms with Gasteiger partial charge in [-0.3, -0.25) is 9.59 Å². The van der Waals surface area contributed by atoms with Crippen molar-refractivity contribution in [3.05, 3.63) is 35.4 Å². The first kappa shape index (κ1) is 11.4. The third-order valence-electron chi connectivity index (χ3n) is 2.08. The highest BCUT2D eigenvalue weighted by molar-refractivity contribution is 5.97. The van der Waals surface area contributed by atoms with Crippen molar-refractivity contribution in [1.29, 1.82) is 0 Å². The third-order valence-corrected chi connectivity index (χ3v) is 2.08. The summed E-state index contributed by atoms with van der Waals surface area (Å²) in [4.78, 5) is 21.7. The van der Waals surface area contributed by atoms with Crippen molar-refractivity contribution in [2.45, 2.75) is 19.4 Å². The van der Waals surface area contributed by atoms with E-state index in [-0.39, 0.29) is 18.6 Å². The van der Waals surface area contributed by atoms with E-state index in [1.165, 1.54) is 0 Å². The Morgan fingerprint density at radius 2 is 1.73 bits per heavy atom. The predicted octanol–water partition coefficient (Wildman–Crippen LogP) is 1.19. The molecule has 0 aliphatic heterocycles. The normalized spacial score (nSPS) is 9.93. The van der Waals surface area contributed by atoms with Gasteiger partial charge in [0.05, 0.1) is 6.42 Å². The van der Waals surface area contributed by atoms with E-state index in [0.29, 0.717) is 12.1 Å². The second-order valence-electron chi connectivity index (χ2n) is 3.22. The molecule has 0 fully saturated rings. The van der Waals surface area contributed by atoms with E-state index in [2.05, 4.69) is 0 Å². The SMILES string of the molecule is NCc1ccc(C(=O)CCC(=O)O)cc1. The van der Waals surface area contributed by atoms with Gasteiger partial charge < -0.3 is 10.8 Å². The van der Waals surface area contributed by atoms with Crippen molar-refractivity contribution in [2.75, 3.05) is 0 Å². The number of hydrogen-bond donors (Lipinski definition) is 2. The Morgan fingerprint density at radius 1 is 1.13 bits per heavy atom. The molecule has 0 bridgehead atoms. The molecule has 0 aliphatic carbocycles. The van der Waals surface area contributed by atoms with E-state index in [4.69, 9.17) is 10.8 Å². The monoisotopic (exact) mass is 207 g/mol. The van der Waals surface area contributed by atoms with E-state index in [1.807, 2.05) is 0 Å². The Morgan fingerprint density at radius 3 is 2.20 bits per heavy atom. The largest absolute Gasteiger partial charge is 0.481 e. The first-order valence-electron chi connectivity index (χ1n) is 4.67. The number of rotatable bonds is 5. The maximum absolute atomic E-state index is 11.5. The zero-order chi connectivity index (χ0) is 11.3. The topological polar surface area (TPSA) is 80.4 Å². The highest BCUT2D eigenvalue weighted by Crippen LogP contribution is 2.07. The molecule has 0 aromatic heterocycles. The highest BCUT2D eigenvalue weighted by atomic mass is 16.4. The number of carboxylic acids is 1. The Hall–Kier alpha value is -1.68. The lowest BCUT2D eigenvalue weighted by atomic mass is 10.0. The van der Waals surface area contributed by atoms with Crippen molar-refractivity contribution in [1.82, 2.24) is 0 Å². The van der Waals surface area contributed by atoms with Gasteiger partial charge in [-0.05, 0) is 5.56 Å². The highest BCUT2D eigenvalue weighted by Gasteiger charge is 2.07. The van der Waals surface area contributed by atoms with Crippen LogP contribution in [0.25, 0.3) is 0 Å². The average molecular weight is 207 g/mol. The van der Waals surface area contributed by atoms with Gasteiger partial charge in [-0.1, -0.05) is 24.3 Å². The zero-order valence-electron chi connectivity index (χ0n) is 8.27. The van der Waals surface area contributed by atoms with Gasteiger partial charge in [-0.15, -0.1) is 0 Å². The Balaban J connectivity index is 2.62. The minimum atomic E-state index is -0.957. The summed E-state index contributed by atoms with van der Waals surface area (Å²) in [5.74, 6) is -1.11. The summed E-state index contributed by atoms with van der Waals surface area (Å²) in [5.41, 5.74) is 6.90. The van der Waals surface area contributed by atoms with Crippen LogP contribution in [0.5, 0.6) is 0 Å². The van der Waals surface area contributed by atoms with E-state index >= 15 is 0 Å². The summed E-state index contributed by atoms with van der Waals surface area (Å²) in [7, 11) is 0. The zero-order valence-corrected chi connectivity index (χ0v) is 8.27. The summed E-state index contributed by atoms with van der Waals surface area (Å²) >= 11 is 0. The number of hydrogen-bond acceptors (Lipinski definition) is 3. The molecule has 0 unspecified atom stereocenters. The van der Waals surface area contributed by atoms with Crippen LogP contribution in [0, 0.1) is 0 Å². The van der Waals surface area contributed by atoms with E-state index in [0.717, 1.165) is 5.56 Å². The van der Waals surface area contributed by atoms with Gasteiger partial charge in [-0.2, -0.15) is 0 Å². The van der Waals surface area contributed by atoms with Crippen molar-refractivity contribution in [2.24, 2.45) is 5.73 Å². The van der Waals surface area contributed by atoms with Crippen LogP contribution in [0.2, 0.25) is 0 Å². The molecule has 1 aromatic rings. The average Bonchev–Trinajstić information content (AvgIpc) is 2.26. The molecule has 0 spiro atoms. The quantitative estimate of drug-likeness (QED) is 0.711. The van der Waals surface area contributed by atoms with Gasteiger partial charge in [0.2, 0.25) is 0 Å². The molecule has 0 amide bonds. The van der Waals surface area contributed by atoms with Crippen LogP contribution in [-0.2, 0) is 11.3 Å². The Bertz CT molecular complexity index is 357. The summed E-state index contributed by atoms with van der Waals surface area (Å²) in [6.07, 6.45) is -0.0885. The number of carbonyl (C=O) groups is 2. The van der Waals surface area contributed by atoms with E-state index in [1.54, 1.807) is 24.3 Å². The van der Waals surface area contributed by atoms with Crippen LogP contribution in [0.15, 0.2) is 24.3 Å². The molecule has 4 heteroatoms. The van der Waals surface area contributed by atoms with Crippen molar-refractivity contribution < 1.29 is 14.7 Å². The fourth-order valence-electron chi connectivity index (χ4n) is 1.19. The minimum absolute atomic E-state index is 0.0390. The van der Waals surface area contributed by atoms with E-state index in [9.17, 15) is 9.59 Å². The molecule has 0 atom stereocenters. The second kappa shape index (κ2) is 5.26. The Labute approximate surface area is 87.7 Å². The lowest BCUT2D eigenvalue weighted by Crippen LogP contribution is -2.04. The third kappa shape index (κ3) is 3.52. The lowest BCUT2D eigenvalue weighted by molar-refractivity contribution is -0.136. The maximum Gasteiger partial charge on any atom is 0.303 e. The molecule has 80 valence electrons. The van der Waals surface area contributed by atoms with Gasteiger partial charge >= 0.3 is 5.97 Å². The fraction of sp³-hybridized carbons (Fsp3) is 0.273. The molecule has 1 aromatic carbocycles. The van der Waals surface area contributed by atoms with Gasteiger partial charge in [0.1, 0.15) is 0 Å². The number of carboxylic acid groups (broad SMARTS) is 1. The number of nitrogens with two attached hydrogens (primary N) is 1. The standard InChI is InChI=1S/C11H13NO3/c12-7-8-1-3-9(4-2-8)10(13)5-6-11(14)15/h1-4H,5-7,12H2,(H,14,15). The summed E-state index contributed by atoms with van der Waals surface area (Å²) in [6, 6.07) is 6.89. The lowest BCUT2D eigenvalue weighted by Gasteiger charge is -2.00. The fourth-order valence-corrected chi connectivity index (χ4v) is 1.19. The van der Waals surface area contributed by atoms with Crippen LogP contribution in [0.1, 0.15) is 28.8 Å². The molecule has 1 rings (SSSR count). The van der Waals surface area contributed by atoms with Crippen molar-refractivity contribution in [3.8, 4) is 0 Å². The molecule has 0 heterocycles. The van der Waals surface area contributed by atoms with Crippen molar-refractivity contribution >= 4 is 11.8 Å². The Kier molecular flexibility index (Phi) is 4.00. The molecule has 15 heavy (non-hydrogen) atoms. The summed E-state index contributed by atoms with van der Waals surface area (Å²) < 4.78 is 0. The van der Waals surface area contributed by atoms with Crippen LogP contribution in [-0.4, -0.2) is 16.9 Å². The predicted molar refractivity (Wildman–Crippen MR) is 55.5 cm³/mol. The second-order valence-corrected chi connectivity index (χ2v) is 3.22. The molecule has 0 saturated carbocycles. The summed E-state index contributed by atoms with van der Waals surface area (Å²) in [6.45, 7) is 0.434. The van der Waals surface area contributed by atoms with Gasteiger partial charge in [0, 0.05) is 18.5 Å². The first-order valence-corrected chi connectivity index (χ1v) is 4.67. The number of aliphatic carboxylic acids is 1. The molecule has 0 aliphatic rings. The van der Waals surface area contributed by atoms with E-state index < -0.39 is 5.97 Å². The molecule has 0 radical (unpaired) electrons. The molecular formula is C11H13NO3. The van der Waals surface area contributed by atoms with Crippen LogP contribution >= 0.6 is 0 Å². The van der Waals surface area contributed by atoms with Crippen LogP contribution < -0.4 is 5.73 Å². The summed E-state index contributed by atoms with van der Waals surface area (Å²) in [5, 5.41) is 8.42. The molecule has 3 N–H and O–H groups in total. The van der Waals surface area contributed by atoms with Gasteiger partial charge in [0.25, 0.3) is 0 Å². The molecule has 0 saturated heterocycles. The minimum Gasteiger partial charge on any atom is -0.481 e. The first-order chi connectivity index (χ1) is 7.13. The number of Topliss-reactive ketones (excluding diaryl/α,β-unsaturated/α-hetero) is 1. The van der Waals surface area contributed by atoms with Crippen LogP contribution in [0.3, 0.4) is 0 Å². The van der Waals surface area contributed by atoms with Crippen molar-refractivity contribution in [3.63, 3.8) is 0 Å². The number of carbonyl (C=O) groups excluding carboxylic acids is 1. The number of benzene rings is 1. The number of ketones is 1. The van der Waals surface area contributed by atoms with Gasteiger partial charge in [-0.25, -0.2) is 0 Å². The van der Waals surface area contributed by atoms with Gasteiger partial charge in [0.15, 0.2) is 5.78 Å². The molecular weight excluding hydrogens is 194 g/mol.